The van der Waals surface area contributed by atoms with Gasteiger partial charge in [0.1, 0.15) is 5.69 Å². The van der Waals surface area contributed by atoms with Crippen LogP contribution in [0.25, 0.3) is 0 Å². The Morgan fingerprint density at radius 3 is 2.24 bits per heavy atom. The number of alkyl halides is 3. The van der Waals surface area contributed by atoms with Crippen molar-refractivity contribution in [1.29, 1.82) is 0 Å². The van der Waals surface area contributed by atoms with Crippen LogP contribution in [-0.4, -0.2) is 23.0 Å². The summed E-state index contributed by atoms with van der Waals surface area (Å²) in [7, 11) is 0. The second-order valence-corrected chi connectivity index (χ2v) is 6.11. The van der Waals surface area contributed by atoms with E-state index in [1.54, 1.807) is 0 Å². The molecule has 0 radical (unpaired) electrons. The van der Waals surface area contributed by atoms with Gasteiger partial charge in [-0.15, -0.1) is 0 Å². The first-order chi connectivity index (χ1) is 9.81. The highest BCUT2D eigenvalue weighted by Crippen LogP contribution is 2.54. The molecule has 1 aromatic rings. The minimum Gasteiger partial charge on any atom is -0.380 e. The summed E-state index contributed by atoms with van der Waals surface area (Å²) in [5.74, 6) is 0.00317. The number of halogens is 3. The number of hydrogen-bond donors (Lipinski definition) is 0. The van der Waals surface area contributed by atoms with Gasteiger partial charge in [-0.2, -0.15) is 18.3 Å². The predicted molar refractivity (Wildman–Crippen MR) is 74.2 cm³/mol. The molecule has 1 saturated heterocycles. The van der Waals surface area contributed by atoms with Gasteiger partial charge in [0.25, 0.3) is 0 Å². The lowest BCUT2D eigenvalue weighted by Crippen LogP contribution is -2.53. The van der Waals surface area contributed by atoms with Crippen LogP contribution < -0.4 is 0 Å². The fourth-order valence-electron chi connectivity index (χ4n) is 2.92. The summed E-state index contributed by atoms with van der Waals surface area (Å²) in [5.41, 5.74) is 0.0340. The fraction of sp³-hybridized carbons (Fsp3) is 0.800. The zero-order valence-electron chi connectivity index (χ0n) is 13.0. The Bertz CT molecular complexity index is 482. The molecule has 1 aliphatic heterocycles. The number of hydrogen-bond acceptors (Lipinski definition) is 2. The standard InChI is InChI=1S/C13H17F3N2O.C2H6/c1-8(2)10-3-11(13(14,15)16)18(17-10)9-4-12(5-9)6-19-7-12;1-2/h3,8-9H,4-7H2,1-2H3;1-2H3. The number of aromatic nitrogens is 2. The summed E-state index contributed by atoms with van der Waals surface area (Å²) in [6.45, 7) is 9.08. The number of ether oxygens (including phenoxy) is 1. The van der Waals surface area contributed by atoms with Gasteiger partial charge in [0.15, 0.2) is 0 Å². The van der Waals surface area contributed by atoms with Crippen LogP contribution in [0.1, 0.15) is 63.9 Å². The molecule has 1 aliphatic carbocycles. The molecule has 120 valence electrons. The SMILES string of the molecule is CC.CC(C)c1cc(C(F)(F)F)n(C2CC3(COC3)C2)n1. The molecule has 0 atom stereocenters. The molecule has 6 heteroatoms. The highest BCUT2D eigenvalue weighted by atomic mass is 19.4. The highest BCUT2D eigenvalue weighted by Gasteiger charge is 2.52. The van der Waals surface area contributed by atoms with E-state index in [9.17, 15) is 13.2 Å². The van der Waals surface area contributed by atoms with Crippen LogP contribution in [0.15, 0.2) is 6.07 Å². The highest BCUT2D eigenvalue weighted by molar-refractivity contribution is 5.18. The Kier molecular flexibility index (Phi) is 4.38. The van der Waals surface area contributed by atoms with Crippen LogP contribution in [0, 0.1) is 5.41 Å². The zero-order chi connectivity index (χ0) is 15.8. The van der Waals surface area contributed by atoms with E-state index in [1.807, 2.05) is 27.7 Å². The number of nitrogens with zero attached hydrogens (tertiary/aromatic N) is 2. The Morgan fingerprint density at radius 2 is 1.86 bits per heavy atom. The minimum absolute atomic E-state index is 0.00317. The Labute approximate surface area is 123 Å². The van der Waals surface area contributed by atoms with Crippen molar-refractivity contribution >= 4 is 0 Å². The summed E-state index contributed by atoms with van der Waals surface area (Å²) in [5, 5.41) is 4.18. The van der Waals surface area contributed by atoms with E-state index in [4.69, 9.17) is 4.74 Å². The van der Waals surface area contributed by atoms with Crippen molar-refractivity contribution in [1.82, 2.24) is 9.78 Å². The first kappa shape index (κ1) is 16.3. The maximum Gasteiger partial charge on any atom is 0.433 e. The summed E-state index contributed by atoms with van der Waals surface area (Å²) < 4.78 is 45.5. The molecule has 3 rings (SSSR count). The smallest absolute Gasteiger partial charge is 0.380 e. The third-order valence-corrected chi connectivity index (χ3v) is 4.14. The maximum atomic E-state index is 13.0. The van der Waals surface area contributed by atoms with Crippen LogP contribution >= 0.6 is 0 Å². The first-order valence-corrected chi connectivity index (χ1v) is 7.55. The van der Waals surface area contributed by atoms with Gasteiger partial charge in [0.2, 0.25) is 0 Å². The van der Waals surface area contributed by atoms with Crippen molar-refractivity contribution in [2.45, 2.75) is 58.7 Å². The molecule has 3 nitrogen and oxygen atoms in total. The van der Waals surface area contributed by atoms with E-state index in [0.717, 1.165) is 12.8 Å². The quantitative estimate of drug-likeness (QED) is 0.809. The summed E-state index contributed by atoms with van der Waals surface area (Å²) in [6, 6.07) is 1.06. The van der Waals surface area contributed by atoms with E-state index < -0.39 is 11.9 Å². The lowest BCUT2D eigenvalue weighted by molar-refractivity contribution is -0.182. The third-order valence-electron chi connectivity index (χ3n) is 4.14. The van der Waals surface area contributed by atoms with Crippen LogP contribution in [0.4, 0.5) is 13.2 Å². The van der Waals surface area contributed by atoms with E-state index in [0.29, 0.717) is 18.9 Å². The molecule has 0 unspecified atom stereocenters. The van der Waals surface area contributed by atoms with Gasteiger partial charge in [-0.1, -0.05) is 27.7 Å². The molecule has 1 saturated carbocycles. The predicted octanol–water partition coefficient (Wildman–Crippen LogP) is 4.40. The molecule has 0 amide bonds. The van der Waals surface area contributed by atoms with Crippen molar-refractivity contribution in [2.24, 2.45) is 5.41 Å². The Balaban J connectivity index is 0.000000774. The minimum atomic E-state index is -4.33. The van der Waals surface area contributed by atoms with E-state index in [-0.39, 0.29) is 17.4 Å². The second kappa shape index (κ2) is 5.63. The zero-order valence-corrected chi connectivity index (χ0v) is 13.0. The molecule has 21 heavy (non-hydrogen) atoms. The topological polar surface area (TPSA) is 27.1 Å². The van der Waals surface area contributed by atoms with Crippen molar-refractivity contribution in [3.05, 3.63) is 17.5 Å². The molecule has 0 N–H and O–H groups in total. The van der Waals surface area contributed by atoms with Crippen molar-refractivity contribution in [3.63, 3.8) is 0 Å². The van der Waals surface area contributed by atoms with Crippen LogP contribution in [0.2, 0.25) is 0 Å². The summed E-state index contributed by atoms with van der Waals surface area (Å²) >= 11 is 0. The van der Waals surface area contributed by atoms with Crippen molar-refractivity contribution < 1.29 is 17.9 Å². The van der Waals surface area contributed by atoms with Gasteiger partial charge in [-0.3, -0.25) is 4.68 Å². The summed E-state index contributed by atoms with van der Waals surface area (Å²) in [6.07, 6.45) is -2.84. The fourth-order valence-corrected chi connectivity index (χ4v) is 2.92. The monoisotopic (exact) mass is 304 g/mol. The molecule has 1 spiro atoms. The van der Waals surface area contributed by atoms with Gasteiger partial charge in [-0.05, 0) is 24.8 Å². The second-order valence-electron chi connectivity index (χ2n) is 6.11. The van der Waals surface area contributed by atoms with Gasteiger partial charge >= 0.3 is 6.18 Å². The molecule has 2 heterocycles. The Morgan fingerprint density at radius 1 is 1.29 bits per heavy atom. The van der Waals surface area contributed by atoms with Crippen LogP contribution in [0.3, 0.4) is 0 Å². The van der Waals surface area contributed by atoms with E-state index in [1.165, 1.54) is 10.7 Å². The first-order valence-electron chi connectivity index (χ1n) is 7.55. The molecular formula is C15H23F3N2O. The Hall–Kier alpha value is -1.04. The van der Waals surface area contributed by atoms with E-state index >= 15 is 0 Å². The van der Waals surface area contributed by atoms with Crippen molar-refractivity contribution in [3.8, 4) is 0 Å². The average molecular weight is 304 g/mol. The van der Waals surface area contributed by atoms with Gasteiger partial charge in [0.05, 0.1) is 24.9 Å². The lowest BCUT2D eigenvalue weighted by atomic mass is 9.64. The molecule has 0 aromatic carbocycles. The largest absolute Gasteiger partial charge is 0.433 e. The number of rotatable bonds is 2. The maximum absolute atomic E-state index is 13.0. The normalized spacial score (nSPS) is 20.8. The van der Waals surface area contributed by atoms with Crippen molar-refractivity contribution in [2.75, 3.05) is 13.2 Å². The molecule has 1 aromatic heterocycles. The van der Waals surface area contributed by atoms with Crippen LogP contribution in [-0.2, 0) is 10.9 Å². The lowest BCUT2D eigenvalue weighted by Gasteiger charge is -2.53. The van der Waals surface area contributed by atoms with Gasteiger partial charge in [0, 0.05) is 5.41 Å². The molecular weight excluding hydrogens is 281 g/mol. The molecule has 0 bridgehead atoms. The molecule has 2 fully saturated rings. The molecule has 2 aliphatic rings. The summed E-state index contributed by atoms with van der Waals surface area (Å²) in [4.78, 5) is 0. The van der Waals surface area contributed by atoms with Crippen LogP contribution in [0.5, 0.6) is 0 Å². The average Bonchev–Trinajstić information content (AvgIpc) is 2.72. The van der Waals surface area contributed by atoms with Gasteiger partial charge < -0.3 is 4.74 Å². The van der Waals surface area contributed by atoms with E-state index in [2.05, 4.69) is 5.10 Å². The van der Waals surface area contributed by atoms with Gasteiger partial charge in [-0.25, -0.2) is 0 Å². The third kappa shape index (κ3) is 2.96.